The lowest BCUT2D eigenvalue weighted by atomic mass is 10.1. The fraction of sp³-hybridized carbons (Fsp3) is 0.278. The molecule has 1 aromatic carbocycles. The van der Waals surface area contributed by atoms with Crippen LogP contribution in [0.1, 0.15) is 6.92 Å². The number of likely N-dealkylation sites (N-methyl/N-ethyl adjacent to an activating group) is 1. The van der Waals surface area contributed by atoms with Crippen LogP contribution in [0.5, 0.6) is 0 Å². The number of nitrogens with two attached hydrogens (primary N) is 1. The van der Waals surface area contributed by atoms with Gasteiger partial charge in [0.25, 0.3) is 0 Å². The highest BCUT2D eigenvalue weighted by Crippen LogP contribution is 2.28. The molecule has 0 spiro atoms. The van der Waals surface area contributed by atoms with Crippen LogP contribution in [0.25, 0.3) is 22.3 Å². The van der Waals surface area contributed by atoms with Crippen LogP contribution in [0.3, 0.4) is 0 Å². The van der Waals surface area contributed by atoms with E-state index >= 15 is 0 Å². The average Bonchev–Trinajstić information content (AvgIpc) is 2.98. The summed E-state index contributed by atoms with van der Waals surface area (Å²) in [4.78, 5) is 17.5. The Labute approximate surface area is 145 Å². The predicted octanol–water partition coefficient (Wildman–Crippen LogP) is 1.97. The van der Waals surface area contributed by atoms with Crippen molar-refractivity contribution >= 4 is 22.7 Å². The number of rotatable bonds is 6. The Morgan fingerprint density at radius 3 is 2.68 bits per heavy atom. The third-order valence-electron chi connectivity index (χ3n) is 4.34. The number of nitrogens with zero attached hydrogens (tertiary/aromatic N) is 4. The Bertz CT molecular complexity index is 888. The van der Waals surface area contributed by atoms with Gasteiger partial charge in [-0.25, -0.2) is 9.67 Å². The normalized spacial score (nSPS) is 12.3. The number of hydrogen-bond acceptors (Lipinski definition) is 5. The summed E-state index contributed by atoms with van der Waals surface area (Å²) in [6.45, 7) is 2.43. The number of hydrogen-bond donors (Lipinski definition) is 2. The van der Waals surface area contributed by atoms with E-state index in [0.29, 0.717) is 12.2 Å². The number of carboxylic acids is 1. The molecule has 0 aliphatic carbocycles. The molecule has 0 bridgehead atoms. The molecule has 3 aromatic rings. The summed E-state index contributed by atoms with van der Waals surface area (Å²) in [6, 6.07) is 12.0. The van der Waals surface area contributed by atoms with E-state index in [2.05, 4.69) is 21.9 Å². The molecule has 2 heterocycles. The van der Waals surface area contributed by atoms with E-state index in [1.807, 2.05) is 43.4 Å². The quantitative estimate of drug-likeness (QED) is 0.712. The summed E-state index contributed by atoms with van der Waals surface area (Å²) in [5, 5.41) is 14.4. The van der Waals surface area contributed by atoms with Crippen LogP contribution in [0.2, 0.25) is 0 Å². The topological polar surface area (TPSA) is 97.3 Å². The van der Waals surface area contributed by atoms with Crippen molar-refractivity contribution < 1.29 is 9.90 Å². The number of pyridine rings is 1. The predicted molar refractivity (Wildman–Crippen MR) is 97.5 cm³/mol. The molecule has 0 radical (unpaired) electrons. The minimum absolute atomic E-state index is 0.220. The summed E-state index contributed by atoms with van der Waals surface area (Å²) in [6.07, 6.45) is 1.64. The fourth-order valence-corrected chi connectivity index (χ4v) is 2.73. The molecule has 0 fully saturated rings. The van der Waals surface area contributed by atoms with Gasteiger partial charge in [0.2, 0.25) is 0 Å². The van der Waals surface area contributed by atoms with E-state index in [9.17, 15) is 4.79 Å². The molecular weight excluding hydrogens is 318 g/mol. The van der Waals surface area contributed by atoms with Gasteiger partial charge >= 0.3 is 5.97 Å². The molecule has 3 N–H and O–H groups in total. The van der Waals surface area contributed by atoms with Gasteiger partial charge in [-0.2, -0.15) is 5.10 Å². The molecule has 3 rings (SSSR count). The Balaban J connectivity index is 2.00. The molecule has 1 atom stereocenters. The van der Waals surface area contributed by atoms with Crippen LogP contribution >= 0.6 is 0 Å². The fourth-order valence-electron chi connectivity index (χ4n) is 2.73. The number of aliphatic carboxylic acids is 1. The van der Waals surface area contributed by atoms with Crippen molar-refractivity contribution in [1.82, 2.24) is 14.8 Å². The van der Waals surface area contributed by atoms with E-state index < -0.39 is 5.97 Å². The molecule has 0 saturated heterocycles. The van der Waals surface area contributed by atoms with Gasteiger partial charge in [-0.1, -0.05) is 12.1 Å². The Morgan fingerprint density at radius 2 is 2.04 bits per heavy atom. The maximum Gasteiger partial charge on any atom is 0.325 e. The first kappa shape index (κ1) is 16.9. The van der Waals surface area contributed by atoms with Crippen molar-refractivity contribution in [3.05, 3.63) is 42.6 Å². The smallest absolute Gasteiger partial charge is 0.325 e. The lowest BCUT2D eigenvalue weighted by molar-refractivity contribution is -0.137. The first-order chi connectivity index (χ1) is 12.0. The molecule has 0 amide bonds. The van der Waals surface area contributed by atoms with Crippen LogP contribution in [-0.2, 0) is 11.3 Å². The summed E-state index contributed by atoms with van der Waals surface area (Å²) >= 11 is 0. The van der Waals surface area contributed by atoms with E-state index in [0.717, 1.165) is 22.3 Å². The molecule has 130 valence electrons. The molecule has 2 aromatic heterocycles. The van der Waals surface area contributed by atoms with Gasteiger partial charge in [-0.3, -0.25) is 4.79 Å². The van der Waals surface area contributed by atoms with E-state index in [4.69, 9.17) is 10.8 Å². The third-order valence-corrected chi connectivity index (χ3v) is 4.34. The van der Waals surface area contributed by atoms with Crippen molar-refractivity contribution in [2.45, 2.75) is 19.5 Å². The van der Waals surface area contributed by atoms with Crippen LogP contribution in [0.4, 0.5) is 5.69 Å². The minimum Gasteiger partial charge on any atom is -0.480 e. The largest absolute Gasteiger partial charge is 0.480 e. The Hall–Kier alpha value is -2.93. The molecule has 0 saturated carbocycles. The van der Waals surface area contributed by atoms with E-state index in [-0.39, 0.29) is 12.6 Å². The zero-order valence-electron chi connectivity index (χ0n) is 14.3. The number of benzene rings is 1. The highest BCUT2D eigenvalue weighted by Gasteiger charge is 2.15. The maximum absolute atomic E-state index is 11.1. The van der Waals surface area contributed by atoms with Crippen molar-refractivity contribution in [2.24, 2.45) is 5.73 Å². The van der Waals surface area contributed by atoms with Gasteiger partial charge in [0.1, 0.15) is 12.2 Å². The summed E-state index contributed by atoms with van der Waals surface area (Å²) in [5.41, 5.74) is 9.00. The second kappa shape index (κ2) is 6.90. The minimum atomic E-state index is -0.950. The zero-order valence-corrected chi connectivity index (χ0v) is 14.3. The number of carboxylic acid groups (broad SMARTS) is 1. The van der Waals surface area contributed by atoms with Gasteiger partial charge in [0, 0.05) is 42.5 Å². The van der Waals surface area contributed by atoms with Crippen LogP contribution in [0, 0.1) is 0 Å². The summed E-state index contributed by atoms with van der Waals surface area (Å²) in [7, 11) is 2.01. The molecule has 7 heteroatoms. The Morgan fingerprint density at radius 1 is 1.32 bits per heavy atom. The SMILES string of the molecule is CC(CN)N(C)c1ccc(-c2nn(CC(=O)O)c3ncccc23)cc1. The standard InChI is InChI=1S/C18H21N5O2/c1-12(10-19)22(2)14-7-5-13(6-8-14)17-15-4-3-9-20-18(15)23(21-17)11-16(24)25/h3-9,12H,10-11,19H2,1-2H3,(H,24,25). The van der Waals surface area contributed by atoms with Gasteiger partial charge in [-0.05, 0) is 31.2 Å². The number of anilines is 1. The first-order valence-corrected chi connectivity index (χ1v) is 8.08. The third kappa shape index (κ3) is 3.32. The van der Waals surface area contributed by atoms with Gasteiger partial charge in [-0.15, -0.1) is 0 Å². The lowest BCUT2D eigenvalue weighted by Crippen LogP contribution is -2.35. The van der Waals surface area contributed by atoms with E-state index in [1.165, 1.54) is 4.68 Å². The van der Waals surface area contributed by atoms with Gasteiger partial charge in [0.05, 0.1) is 0 Å². The van der Waals surface area contributed by atoms with Crippen molar-refractivity contribution in [3.63, 3.8) is 0 Å². The van der Waals surface area contributed by atoms with Gasteiger partial charge in [0.15, 0.2) is 5.65 Å². The highest BCUT2D eigenvalue weighted by atomic mass is 16.4. The summed E-state index contributed by atoms with van der Waals surface area (Å²) < 4.78 is 1.42. The van der Waals surface area contributed by atoms with Gasteiger partial charge < -0.3 is 15.7 Å². The second-order valence-corrected chi connectivity index (χ2v) is 6.02. The number of carbonyl (C=O) groups is 1. The zero-order chi connectivity index (χ0) is 18.0. The van der Waals surface area contributed by atoms with Crippen molar-refractivity contribution in [1.29, 1.82) is 0 Å². The van der Waals surface area contributed by atoms with Crippen LogP contribution < -0.4 is 10.6 Å². The maximum atomic E-state index is 11.1. The molecule has 1 unspecified atom stereocenters. The van der Waals surface area contributed by atoms with Crippen molar-refractivity contribution in [2.75, 3.05) is 18.5 Å². The molecular formula is C18H21N5O2. The first-order valence-electron chi connectivity index (χ1n) is 8.08. The molecule has 0 aliphatic heterocycles. The number of fused-ring (bicyclic) bond motifs is 1. The van der Waals surface area contributed by atoms with Crippen LogP contribution in [0.15, 0.2) is 42.6 Å². The molecule has 25 heavy (non-hydrogen) atoms. The molecule has 0 aliphatic rings. The summed E-state index contributed by atoms with van der Waals surface area (Å²) in [5.74, 6) is -0.950. The number of aromatic nitrogens is 3. The lowest BCUT2D eigenvalue weighted by Gasteiger charge is -2.25. The van der Waals surface area contributed by atoms with Crippen LogP contribution in [-0.4, -0.2) is 45.5 Å². The Kier molecular flexibility index (Phi) is 4.67. The monoisotopic (exact) mass is 339 g/mol. The highest BCUT2D eigenvalue weighted by molar-refractivity contribution is 5.91. The molecule has 7 nitrogen and oxygen atoms in total. The van der Waals surface area contributed by atoms with Crippen molar-refractivity contribution in [3.8, 4) is 11.3 Å². The average molecular weight is 339 g/mol. The van der Waals surface area contributed by atoms with E-state index in [1.54, 1.807) is 6.20 Å². The second-order valence-electron chi connectivity index (χ2n) is 6.02.